The van der Waals surface area contributed by atoms with Crippen molar-refractivity contribution in [2.45, 2.75) is 38.1 Å². The van der Waals surface area contributed by atoms with Crippen molar-refractivity contribution in [2.75, 3.05) is 18.1 Å². The third-order valence-electron chi connectivity index (χ3n) is 4.61. The van der Waals surface area contributed by atoms with Crippen LogP contribution in [0.1, 0.15) is 36.8 Å². The van der Waals surface area contributed by atoms with Crippen LogP contribution in [0.3, 0.4) is 0 Å². The Labute approximate surface area is 133 Å². The second-order valence-corrected chi connectivity index (χ2v) is 6.18. The summed E-state index contributed by atoms with van der Waals surface area (Å²) in [5, 5.41) is 9.26. The number of aliphatic hydroxyl groups excluding tert-OH is 1. The lowest BCUT2D eigenvalue weighted by molar-refractivity contribution is 0.262. The molecular weight excluding hydrogens is 270 g/mol. The molecule has 2 aromatic carbocycles. The van der Waals surface area contributed by atoms with Crippen LogP contribution in [0, 0.1) is 0 Å². The van der Waals surface area contributed by atoms with Crippen molar-refractivity contribution in [2.24, 2.45) is 0 Å². The lowest BCUT2D eigenvalue weighted by Crippen LogP contribution is -2.40. The summed E-state index contributed by atoms with van der Waals surface area (Å²) in [6.07, 6.45) is 5.61. The van der Waals surface area contributed by atoms with Gasteiger partial charge in [-0.1, -0.05) is 42.5 Å². The molecule has 0 radical (unpaired) electrons. The van der Waals surface area contributed by atoms with Gasteiger partial charge in [-0.25, -0.2) is 0 Å². The molecular formula is C20H25NO. The SMILES string of the molecule is OCCC1CCCCN1c1ccc(Cc2ccccc2)cc1. The smallest absolute Gasteiger partial charge is 0.0450 e. The standard InChI is InChI=1S/C20H25NO/c22-15-13-19-8-4-5-14-21(19)20-11-9-18(10-12-20)16-17-6-2-1-3-7-17/h1-3,6-7,9-12,19,22H,4-5,8,13-16H2. The molecule has 1 heterocycles. The van der Waals surface area contributed by atoms with Gasteiger partial charge < -0.3 is 10.0 Å². The van der Waals surface area contributed by atoms with E-state index in [0.717, 1.165) is 19.4 Å². The normalized spacial score (nSPS) is 18.4. The van der Waals surface area contributed by atoms with Gasteiger partial charge in [-0.05, 0) is 55.4 Å². The molecule has 2 nitrogen and oxygen atoms in total. The Morgan fingerprint density at radius 1 is 0.909 bits per heavy atom. The van der Waals surface area contributed by atoms with Crippen molar-refractivity contribution in [1.82, 2.24) is 0 Å². The number of nitrogens with zero attached hydrogens (tertiary/aromatic N) is 1. The Kier molecular flexibility index (Phi) is 5.12. The minimum Gasteiger partial charge on any atom is -0.396 e. The predicted molar refractivity (Wildman–Crippen MR) is 92.4 cm³/mol. The maximum absolute atomic E-state index is 9.26. The van der Waals surface area contributed by atoms with Crippen LogP contribution in [-0.4, -0.2) is 24.3 Å². The van der Waals surface area contributed by atoms with E-state index in [1.807, 2.05) is 0 Å². The highest BCUT2D eigenvalue weighted by Gasteiger charge is 2.21. The lowest BCUT2D eigenvalue weighted by Gasteiger charge is -2.37. The summed E-state index contributed by atoms with van der Waals surface area (Å²) in [6.45, 7) is 1.40. The molecule has 1 unspecified atom stereocenters. The fourth-order valence-corrected chi connectivity index (χ4v) is 3.43. The van der Waals surface area contributed by atoms with Gasteiger partial charge in [0.1, 0.15) is 0 Å². The van der Waals surface area contributed by atoms with Gasteiger partial charge in [-0.3, -0.25) is 0 Å². The minimum absolute atomic E-state index is 0.285. The number of aliphatic hydroxyl groups is 1. The van der Waals surface area contributed by atoms with E-state index in [4.69, 9.17) is 0 Å². The third kappa shape index (κ3) is 3.69. The number of hydrogen-bond acceptors (Lipinski definition) is 2. The summed E-state index contributed by atoms with van der Waals surface area (Å²) in [5.74, 6) is 0. The first kappa shape index (κ1) is 15.1. The van der Waals surface area contributed by atoms with E-state index >= 15 is 0 Å². The molecule has 116 valence electrons. The number of hydrogen-bond donors (Lipinski definition) is 1. The zero-order valence-corrected chi connectivity index (χ0v) is 13.1. The molecule has 1 atom stereocenters. The van der Waals surface area contributed by atoms with Crippen LogP contribution < -0.4 is 4.90 Å². The summed E-state index contributed by atoms with van der Waals surface area (Å²) in [4.78, 5) is 2.48. The summed E-state index contributed by atoms with van der Waals surface area (Å²) in [5.41, 5.74) is 4.01. The Morgan fingerprint density at radius 2 is 1.64 bits per heavy atom. The number of benzene rings is 2. The van der Waals surface area contributed by atoms with Gasteiger partial charge in [0.25, 0.3) is 0 Å². The highest BCUT2D eigenvalue weighted by atomic mass is 16.3. The van der Waals surface area contributed by atoms with Crippen LogP contribution >= 0.6 is 0 Å². The molecule has 1 fully saturated rings. The zero-order valence-electron chi connectivity index (χ0n) is 13.1. The molecule has 3 rings (SSSR count). The monoisotopic (exact) mass is 295 g/mol. The molecule has 0 amide bonds. The fraction of sp³-hybridized carbons (Fsp3) is 0.400. The fourth-order valence-electron chi connectivity index (χ4n) is 3.43. The number of anilines is 1. The average molecular weight is 295 g/mol. The summed E-state index contributed by atoms with van der Waals surface area (Å²) < 4.78 is 0. The van der Waals surface area contributed by atoms with Gasteiger partial charge in [-0.15, -0.1) is 0 Å². The van der Waals surface area contributed by atoms with Crippen LogP contribution in [-0.2, 0) is 6.42 Å². The Hall–Kier alpha value is -1.80. The van der Waals surface area contributed by atoms with E-state index in [-0.39, 0.29) is 6.61 Å². The molecule has 0 spiro atoms. The number of rotatable bonds is 5. The lowest BCUT2D eigenvalue weighted by atomic mass is 9.98. The first-order valence-corrected chi connectivity index (χ1v) is 8.37. The van der Waals surface area contributed by atoms with Crippen molar-refractivity contribution < 1.29 is 5.11 Å². The van der Waals surface area contributed by atoms with E-state index in [2.05, 4.69) is 59.5 Å². The molecule has 0 bridgehead atoms. The largest absolute Gasteiger partial charge is 0.396 e. The van der Waals surface area contributed by atoms with Crippen LogP contribution in [0.25, 0.3) is 0 Å². The molecule has 1 saturated heterocycles. The first-order valence-electron chi connectivity index (χ1n) is 8.37. The van der Waals surface area contributed by atoms with E-state index in [0.29, 0.717) is 6.04 Å². The summed E-state index contributed by atoms with van der Waals surface area (Å²) in [7, 11) is 0. The maximum atomic E-state index is 9.26. The molecule has 1 N–H and O–H groups in total. The zero-order chi connectivity index (χ0) is 15.2. The molecule has 0 aliphatic carbocycles. The molecule has 0 aromatic heterocycles. The van der Waals surface area contributed by atoms with Gasteiger partial charge in [0.15, 0.2) is 0 Å². The Balaban J connectivity index is 1.70. The Bertz CT molecular complexity index is 562. The van der Waals surface area contributed by atoms with Gasteiger partial charge in [0.2, 0.25) is 0 Å². The third-order valence-corrected chi connectivity index (χ3v) is 4.61. The van der Waals surface area contributed by atoms with Crippen molar-refractivity contribution in [1.29, 1.82) is 0 Å². The first-order chi connectivity index (χ1) is 10.9. The highest BCUT2D eigenvalue weighted by molar-refractivity contribution is 5.49. The van der Waals surface area contributed by atoms with E-state index in [1.165, 1.54) is 36.1 Å². The molecule has 1 aliphatic rings. The Morgan fingerprint density at radius 3 is 2.36 bits per heavy atom. The van der Waals surface area contributed by atoms with Crippen LogP contribution in [0.2, 0.25) is 0 Å². The van der Waals surface area contributed by atoms with Crippen molar-refractivity contribution in [3.63, 3.8) is 0 Å². The van der Waals surface area contributed by atoms with Gasteiger partial charge in [0.05, 0.1) is 0 Å². The van der Waals surface area contributed by atoms with E-state index in [9.17, 15) is 5.11 Å². The summed E-state index contributed by atoms with van der Waals surface area (Å²) >= 11 is 0. The van der Waals surface area contributed by atoms with Crippen LogP contribution in [0.5, 0.6) is 0 Å². The maximum Gasteiger partial charge on any atom is 0.0450 e. The van der Waals surface area contributed by atoms with Gasteiger partial charge >= 0.3 is 0 Å². The van der Waals surface area contributed by atoms with Crippen LogP contribution in [0.4, 0.5) is 5.69 Å². The molecule has 0 saturated carbocycles. The molecule has 2 aromatic rings. The van der Waals surface area contributed by atoms with Crippen molar-refractivity contribution in [3.05, 3.63) is 65.7 Å². The van der Waals surface area contributed by atoms with Crippen LogP contribution in [0.15, 0.2) is 54.6 Å². The topological polar surface area (TPSA) is 23.5 Å². The van der Waals surface area contributed by atoms with Gasteiger partial charge in [-0.2, -0.15) is 0 Å². The molecule has 2 heteroatoms. The van der Waals surface area contributed by atoms with Gasteiger partial charge in [0, 0.05) is 24.9 Å². The molecule has 22 heavy (non-hydrogen) atoms. The van der Waals surface area contributed by atoms with Crippen molar-refractivity contribution >= 4 is 5.69 Å². The van der Waals surface area contributed by atoms with E-state index < -0.39 is 0 Å². The quantitative estimate of drug-likeness (QED) is 0.900. The second-order valence-electron chi connectivity index (χ2n) is 6.18. The number of piperidine rings is 1. The highest BCUT2D eigenvalue weighted by Crippen LogP contribution is 2.27. The predicted octanol–water partition coefficient (Wildman–Crippen LogP) is 4.02. The average Bonchev–Trinajstić information content (AvgIpc) is 2.58. The van der Waals surface area contributed by atoms with E-state index in [1.54, 1.807) is 0 Å². The minimum atomic E-state index is 0.285. The summed E-state index contributed by atoms with van der Waals surface area (Å²) in [6, 6.07) is 20.1. The van der Waals surface area contributed by atoms with Crippen molar-refractivity contribution in [3.8, 4) is 0 Å². The second kappa shape index (κ2) is 7.46. The molecule has 1 aliphatic heterocycles.